The van der Waals surface area contributed by atoms with Crippen LogP contribution in [0.25, 0.3) is 10.9 Å². The first-order valence-electron chi connectivity index (χ1n) is 11.7. The van der Waals surface area contributed by atoms with Crippen LogP contribution in [0.4, 0.5) is 36.4 Å². The van der Waals surface area contributed by atoms with E-state index in [-0.39, 0.29) is 5.69 Å². The number of benzene rings is 1. The van der Waals surface area contributed by atoms with Crippen LogP contribution in [0.2, 0.25) is 0 Å². The van der Waals surface area contributed by atoms with Crippen LogP contribution in [0.1, 0.15) is 49.8 Å². The summed E-state index contributed by atoms with van der Waals surface area (Å²) in [6.45, 7) is 5.47. The zero-order chi connectivity index (χ0) is 23.9. The molecule has 2 saturated heterocycles. The summed E-state index contributed by atoms with van der Waals surface area (Å²) < 4.78 is 40.1. The van der Waals surface area contributed by atoms with E-state index in [2.05, 4.69) is 20.1 Å². The summed E-state index contributed by atoms with van der Waals surface area (Å²) in [6, 6.07) is 5.17. The Morgan fingerprint density at radius 3 is 2.29 bits per heavy atom. The van der Waals surface area contributed by atoms with Crippen molar-refractivity contribution in [3.8, 4) is 0 Å². The van der Waals surface area contributed by atoms with Crippen LogP contribution in [0, 0.1) is 0 Å². The molecule has 3 aromatic rings. The van der Waals surface area contributed by atoms with Crippen LogP contribution in [-0.2, 0) is 6.18 Å². The molecule has 0 amide bonds. The van der Waals surface area contributed by atoms with Gasteiger partial charge in [0.2, 0.25) is 5.95 Å². The van der Waals surface area contributed by atoms with E-state index < -0.39 is 17.8 Å². The van der Waals surface area contributed by atoms with Crippen molar-refractivity contribution >= 4 is 34.2 Å². The van der Waals surface area contributed by atoms with Crippen LogP contribution >= 0.6 is 0 Å². The fourth-order valence-electron chi connectivity index (χ4n) is 4.68. The van der Waals surface area contributed by atoms with Gasteiger partial charge in [0.25, 0.3) is 0 Å². The SMILES string of the molecule is CC(Nc1nc(N2CCCC2)nc2cnc(N3CCCC3)cc12)c1cc(N)cc(C(F)(F)F)c1. The van der Waals surface area contributed by atoms with Gasteiger partial charge < -0.3 is 20.9 Å². The summed E-state index contributed by atoms with van der Waals surface area (Å²) in [6.07, 6.45) is 1.71. The van der Waals surface area contributed by atoms with E-state index in [0.717, 1.165) is 75.2 Å². The zero-order valence-corrected chi connectivity index (χ0v) is 19.1. The molecule has 2 aliphatic heterocycles. The van der Waals surface area contributed by atoms with Gasteiger partial charge >= 0.3 is 6.18 Å². The molecular weight excluding hydrogens is 443 g/mol. The third-order valence-corrected chi connectivity index (χ3v) is 6.53. The Balaban J connectivity index is 1.54. The molecule has 2 fully saturated rings. The first-order valence-corrected chi connectivity index (χ1v) is 11.7. The van der Waals surface area contributed by atoms with Crippen LogP contribution < -0.4 is 20.9 Å². The lowest BCUT2D eigenvalue weighted by Gasteiger charge is -2.22. The van der Waals surface area contributed by atoms with Gasteiger partial charge in [-0.05, 0) is 62.4 Å². The van der Waals surface area contributed by atoms with Crippen molar-refractivity contribution in [1.82, 2.24) is 15.0 Å². The summed E-state index contributed by atoms with van der Waals surface area (Å²) in [5.41, 5.74) is 6.26. The van der Waals surface area contributed by atoms with Gasteiger partial charge in [-0.2, -0.15) is 18.2 Å². The van der Waals surface area contributed by atoms with E-state index >= 15 is 0 Å². The lowest BCUT2D eigenvalue weighted by Crippen LogP contribution is -2.22. The van der Waals surface area contributed by atoms with Crippen LogP contribution in [0.15, 0.2) is 30.5 Å². The monoisotopic (exact) mass is 471 g/mol. The number of fused-ring (bicyclic) bond motifs is 1. The molecule has 1 unspecified atom stereocenters. The molecular formula is C24H28F3N7. The van der Waals surface area contributed by atoms with Crippen LogP contribution in [0.5, 0.6) is 0 Å². The summed E-state index contributed by atoms with van der Waals surface area (Å²) >= 11 is 0. The minimum absolute atomic E-state index is 0.0734. The lowest BCUT2D eigenvalue weighted by molar-refractivity contribution is -0.137. The highest BCUT2D eigenvalue weighted by molar-refractivity contribution is 5.91. The van der Waals surface area contributed by atoms with Gasteiger partial charge in [-0.25, -0.2) is 9.97 Å². The highest BCUT2D eigenvalue weighted by Crippen LogP contribution is 2.35. The lowest BCUT2D eigenvalue weighted by atomic mass is 10.0. The topological polar surface area (TPSA) is 83.2 Å². The maximum atomic E-state index is 13.4. The second kappa shape index (κ2) is 8.81. The highest BCUT2D eigenvalue weighted by atomic mass is 19.4. The summed E-state index contributed by atoms with van der Waals surface area (Å²) in [5, 5.41) is 4.14. The molecule has 0 saturated carbocycles. The van der Waals surface area contributed by atoms with Gasteiger partial charge in [-0.15, -0.1) is 0 Å². The Kier molecular flexibility index (Phi) is 5.83. The number of alkyl halides is 3. The predicted octanol–water partition coefficient (Wildman–Crippen LogP) is 5.00. The van der Waals surface area contributed by atoms with E-state index in [9.17, 15) is 13.2 Å². The number of pyridine rings is 1. The van der Waals surface area contributed by atoms with Crippen molar-refractivity contribution in [2.75, 3.05) is 47.0 Å². The molecule has 2 aromatic heterocycles. The molecule has 10 heteroatoms. The van der Waals surface area contributed by atoms with Crippen molar-refractivity contribution in [1.29, 1.82) is 0 Å². The number of nitrogen functional groups attached to an aromatic ring is 1. The smallest absolute Gasteiger partial charge is 0.399 e. The Morgan fingerprint density at radius 1 is 0.941 bits per heavy atom. The summed E-state index contributed by atoms with van der Waals surface area (Å²) in [4.78, 5) is 18.6. The Morgan fingerprint density at radius 2 is 1.62 bits per heavy atom. The average Bonchev–Trinajstić information content (AvgIpc) is 3.52. The maximum absolute atomic E-state index is 13.4. The zero-order valence-electron chi connectivity index (χ0n) is 19.1. The van der Waals surface area contributed by atoms with Crippen LogP contribution in [-0.4, -0.2) is 41.1 Å². The van der Waals surface area contributed by atoms with Crippen molar-refractivity contribution in [3.63, 3.8) is 0 Å². The number of rotatable bonds is 5. The molecule has 0 spiro atoms. The normalized spacial score (nSPS) is 17.5. The predicted molar refractivity (Wildman–Crippen MR) is 128 cm³/mol. The molecule has 7 nitrogen and oxygen atoms in total. The molecule has 0 radical (unpaired) electrons. The second-order valence-electron chi connectivity index (χ2n) is 9.07. The number of nitrogens with one attached hydrogen (secondary N) is 1. The van der Waals surface area contributed by atoms with E-state index in [1.165, 1.54) is 0 Å². The van der Waals surface area contributed by atoms with Gasteiger partial charge in [0.15, 0.2) is 0 Å². The van der Waals surface area contributed by atoms with E-state index in [1.54, 1.807) is 19.2 Å². The third kappa shape index (κ3) is 4.53. The molecule has 0 aliphatic carbocycles. The molecule has 180 valence electrons. The first kappa shape index (κ1) is 22.5. The minimum atomic E-state index is -4.47. The molecule has 5 rings (SSSR count). The van der Waals surface area contributed by atoms with E-state index in [0.29, 0.717) is 22.8 Å². The largest absolute Gasteiger partial charge is 0.416 e. The number of halogens is 3. The fourth-order valence-corrected chi connectivity index (χ4v) is 4.68. The number of hydrogen-bond acceptors (Lipinski definition) is 7. The number of anilines is 4. The van der Waals surface area contributed by atoms with Crippen molar-refractivity contribution in [2.24, 2.45) is 0 Å². The molecule has 34 heavy (non-hydrogen) atoms. The molecule has 4 heterocycles. The van der Waals surface area contributed by atoms with E-state index in [1.807, 2.05) is 6.07 Å². The molecule has 1 aromatic carbocycles. The molecule has 0 bridgehead atoms. The Bertz CT molecular complexity index is 1190. The number of nitrogens with zero attached hydrogens (tertiary/aromatic N) is 5. The summed E-state index contributed by atoms with van der Waals surface area (Å²) in [7, 11) is 0. The van der Waals surface area contributed by atoms with Crippen molar-refractivity contribution < 1.29 is 13.2 Å². The van der Waals surface area contributed by atoms with Gasteiger partial charge in [0, 0.05) is 37.3 Å². The third-order valence-electron chi connectivity index (χ3n) is 6.53. The standard InChI is InChI=1S/C24H28F3N7/c1-15(16-10-17(24(25,26)27)12-18(28)11-16)30-22-19-13-21(33-6-2-3-7-33)29-14-20(19)31-23(32-22)34-8-4-5-9-34/h10-15H,2-9,28H2,1H3,(H,30,31,32). The minimum Gasteiger partial charge on any atom is -0.399 e. The number of hydrogen-bond donors (Lipinski definition) is 2. The summed E-state index contributed by atoms with van der Waals surface area (Å²) in [5.74, 6) is 2.05. The second-order valence-corrected chi connectivity index (χ2v) is 9.07. The quantitative estimate of drug-likeness (QED) is 0.507. The number of aromatic nitrogens is 3. The van der Waals surface area contributed by atoms with Crippen LogP contribution in [0.3, 0.4) is 0 Å². The average molecular weight is 472 g/mol. The first-order chi connectivity index (χ1) is 16.3. The van der Waals surface area contributed by atoms with Gasteiger partial charge in [-0.3, -0.25) is 0 Å². The van der Waals surface area contributed by atoms with Crippen molar-refractivity contribution in [3.05, 3.63) is 41.6 Å². The van der Waals surface area contributed by atoms with Gasteiger partial charge in [-0.1, -0.05) is 0 Å². The molecule has 1 atom stereocenters. The Hall–Kier alpha value is -3.30. The molecule has 3 N–H and O–H groups in total. The van der Waals surface area contributed by atoms with E-state index in [4.69, 9.17) is 15.7 Å². The fraction of sp³-hybridized carbons (Fsp3) is 0.458. The number of nitrogens with two attached hydrogens (primary N) is 1. The van der Waals surface area contributed by atoms with Crippen molar-refractivity contribution in [2.45, 2.75) is 44.8 Å². The van der Waals surface area contributed by atoms with Gasteiger partial charge in [0.05, 0.1) is 23.3 Å². The Labute approximate surface area is 196 Å². The van der Waals surface area contributed by atoms with Gasteiger partial charge in [0.1, 0.15) is 11.6 Å². The maximum Gasteiger partial charge on any atom is 0.416 e. The highest BCUT2D eigenvalue weighted by Gasteiger charge is 2.31. The molecule has 2 aliphatic rings.